The third-order valence-corrected chi connectivity index (χ3v) is 3.52. The molecule has 0 saturated heterocycles. The van der Waals surface area contributed by atoms with Crippen LogP contribution in [0.2, 0.25) is 0 Å². The number of allylic oxidation sites excluding steroid dienone is 4. The monoisotopic (exact) mass is 368 g/mol. The van der Waals surface area contributed by atoms with Crippen molar-refractivity contribution in [2.24, 2.45) is 0 Å². The summed E-state index contributed by atoms with van der Waals surface area (Å²) in [7, 11) is 0. The Labute approximate surface area is 158 Å². The van der Waals surface area contributed by atoms with Crippen molar-refractivity contribution in [2.75, 3.05) is 0 Å². The summed E-state index contributed by atoms with van der Waals surface area (Å²) in [6.07, 6.45) is 7.42. The van der Waals surface area contributed by atoms with Gasteiger partial charge in [-0.3, -0.25) is 0 Å². The van der Waals surface area contributed by atoms with Gasteiger partial charge in [0.15, 0.2) is 0 Å². The van der Waals surface area contributed by atoms with Crippen LogP contribution in [0.5, 0.6) is 0 Å². The summed E-state index contributed by atoms with van der Waals surface area (Å²) >= 11 is 0. The number of aliphatic hydroxyl groups is 1. The van der Waals surface area contributed by atoms with Crippen molar-refractivity contribution in [3.63, 3.8) is 0 Å². The van der Waals surface area contributed by atoms with Gasteiger partial charge in [-0.15, -0.1) is 24.8 Å². The molecule has 1 nitrogen and oxygen atoms in total. The van der Waals surface area contributed by atoms with Gasteiger partial charge in [0.25, 0.3) is 0 Å². The van der Waals surface area contributed by atoms with E-state index in [2.05, 4.69) is 48.6 Å². The second-order valence-corrected chi connectivity index (χ2v) is 4.69. The molecule has 0 radical (unpaired) electrons. The van der Waals surface area contributed by atoms with Crippen molar-refractivity contribution in [1.29, 1.82) is 0 Å². The van der Waals surface area contributed by atoms with E-state index >= 15 is 0 Å². The standard InChI is InChI=1S/C18H16O.2ClH.Ti/c19-13-15-9-3-4-11-17(15)18-12-6-5-10-16(18)14-7-1-2-8-14;;;/h1-7,9-12,19H,8,13H2;2*1H;. The first-order chi connectivity index (χ1) is 9.40. The van der Waals surface area contributed by atoms with Crippen LogP contribution in [0, 0.1) is 0 Å². The van der Waals surface area contributed by atoms with E-state index in [0.29, 0.717) is 0 Å². The Morgan fingerprint density at radius 1 is 0.818 bits per heavy atom. The van der Waals surface area contributed by atoms with Crippen LogP contribution in [0.4, 0.5) is 0 Å². The van der Waals surface area contributed by atoms with Crippen LogP contribution in [0.3, 0.4) is 0 Å². The van der Waals surface area contributed by atoms with Gasteiger partial charge in [-0.05, 0) is 34.2 Å². The fraction of sp³-hybridized carbons (Fsp3) is 0.111. The Morgan fingerprint density at radius 2 is 1.41 bits per heavy atom. The largest absolute Gasteiger partial charge is 0.392 e. The van der Waals surface area contributed by atoms with Crippen LogP contribution in [0.25, 0.3) is 16.7 Å². The van der Waals surface area contributed by atoms with E-state index in [1.165, 1.54) is 16.7 Å². The van der Waals surface area contributed by atoms with Crippen molar-refractivity contribution < 1.29 is 26.8 Å². The SMILES string of the molecule is Cl.Cl.OCc1ccccc1-c1ccccc1C1=CC=CC1.[Ti]. The molecular weight excluding hydrogens is 351 g/mol. The second kappa shape index (κ2) is 10.0. The van der Waals surface area contributed by atoms with E-state index in [0.717, 1.165) is 17.5 Å². The van der Waals surface area contributed by atoms with Crippen LogP contribution >= 0.6 is 24.8 Å². The van der Waals surface area contributed by atoms with Crippen LogP contribution < -0.4 is 0 Å². The van der Waals surface area contributed by atoms with Crippen molar-refractivity contribution in [2.45, 2.75) is 13.0 Å². The summed E-state index contributed by atoms with van der Waals surface area (Å²) in [5.41, 5.74) is 5.88. The fourth-order valence-electron chi connectivity index (χ4n) is 2.57. The van der Waals surface area contributed by atoms with Gasteiger partial charge in [0, 0.05) is 21.7 Å². The number of hydrogen-bond acceptors (Lipinski definition) is 1. The average molecular weight is 369 g/mol. The first-order valence-corrected chi connectivity index (χ1v) is 6.54. The molecule has 1 N–H and O–H groups in total. The zero-order valence-corrected chi connectivity index (χ0v) is 15.2. The molecule has 0 fully saturated rings. The van der Waals surface area contributed by atoms with Gasteiger partial charge in [-0.1, -0.05) is 66.8 Å². The molecule has 0 saturated carbocycles. The van der Waals surface area contributed by atoms with Crippen molar-refractivity contribution in [3.05, 3.63) is 77.9 Å². The summed E-state index contributed by atoms with van der Waals surface area (Å²) in [5, 5.41) is 9.51. The third kappa shape index (κ3) is 4.35. The molecule has 0 unspecified atom stereocenters. The molecular formula is C18H18Cl2OTi. The maximum atomic E-state index is 9.51. The summed E-state index contributed by atoms with van der Waals surface area (Å²) < 4.78 is 0. The summed E-state index contributed by atoms with van der Waals surface area (Å²) in [6, 6.07) is 16.4. The molecule has 2 aromatic rings. The molecule has 0 heterocycles. The smallest absolute Gasteiger partial charge is 0.0687 e. The predicted octanol–water partition coefficient (Wildman–Crippen LogP) is 5.03. The van der Waals surface area contributed by atoms with Gasteiger partial charge in [-0.2, -0.15) is 0 Å². The maximum Gasteiger partial charge on any atom is 0.0687 e. The molecule has 4 heteroatoms. The zero-order chi connectivity index (χ0) is 13.1. The first-order valence-electron chi connectivity index (χ1n) is 6.54. The van der Waals surface area contributed by atoms with Crippen LogP contribution in [0.1, 0.15) is 17.5 Å². The molecule has 0 spiro atoms. The summed E-state index contributed by atoms with van der Waals surface area (Å²) in [5.74, 6) is 0. The second-order valence-electron chi connectivity index (χ2n) is 4.69. The summed E-state index contributed by atoms with van der Waals surface area (Å²) in [6.45, 7) is 0.0712. The molecule has 0 atom stereocenters. The fourth-order valence-corrected chi connectivity index (χ4v) is 2.57. The molecule has 0 aromatic heterocycles. The molecule has 1 aliphatic rings. The summed E-state index contributed by atoms with van der Waals surface area (Å²) in [4.78, 5) is 0. The van der Waals surface area contributed by atoms with Gasteiger partial charge in [0.2, 0.25) is 0 Å². The van der Waals surface area contributed by atoms with Crippen molar-refractivity contribution >= 4 is 30.4 Å². The minimum absolute atomic E-state index is 0. The van der Waals surface area contributed by atoms with Gasteiger partial charge in [0.05, 0.1) is 6.61 Å². The van der Waals surface area contributed by atoms with E-state index in [4.69, 9.17) is 0 Å². The van der Waals surface area contributed by atoms with Crippen LogP contribution in [-0.4, -0.2) is 5.11 Å². The van der Waals surface area contributed by atoms with Gasteiger partial charge in [-0.25, -0.2) is 0 Å². The normalized spacial score (nSPS) is 11.8. The predicted molar refractivity (Wildman–Crippen MR) is 94.0 cm³/mol. The molecule has 0 amide bonds. The van der Waals surface area contributed by atoms with Crippen LogP contribution in [0.15, 0.2) is 66.8 Å². The van der Waals surface area contributed by atoms with Gasteiger partial charge in [0.1, 0.15) is 0 Å². The Morgan fingerprint density at radius 3 is 2.00 bits per heavy atom. The average Bonchev–Trinajstić information content (AvgIpc) is 3.01. The molecule has 3 rings (SSSR count). The number of aliphatic hydroxyl groups excluding tert-OH is 1. The molecule has 0 bridgehead atoms. The Balaban J connectivity index is 0.00000147. The van der Waals surface area contributed by atoms with E-state index < -0.39 is 0 Å². The van der Waals surface area contributed by atoms with Crippen molar-refractivity contribution in [1.82, 2.24) is 0 Å². The number of hydrogen-bond donors (Lipinski definition) is 1. The molecule has 114 valence electrons. The minimum atomic E-state index is 0. The quantitative estimate of drug-likeness (QED) is 0.753. The molecule has 1 aliphatic carbocycles. The third-order valence-electron chi connectivity index (χ3n) is 3.52. The van der Waals surface area contributed by atoms with Gasteiger partial charge < -0.3 is 5.11 Å². The van der Waals surface area contributed by atoms with E-state index in [-0.39, 0.29) is 53.1 Å². The first kappa shape index (κ1) is 21.2. The minimum Gasteiger partial charge on any atom is -0.392 e. The van der Waals surface area contributed by atoms with E-state index in [9.17, 15) is 5.11 Å². The molecule has 0 aliphatic heterocycles. The van der Waals surface area contributed by atoms with Crippen LogP contribution in [-0.2, 0) is 28.3 Å². The number of benzene rings is 2. The Hall–Kier alpha value is -0.826. The van der Waals surface area contributed by atoms with E-state index in [1.807, 2.05) is 18.2 Å². The number of rotatable bonds is 3. The topological polar surface area (TPSA) is 20.2 Å². The Kier molecular flexibility index (Phi) is 9.67. The van der Waals surface area contributed by atoms with E-state index in [1.54, 1.807) is 0 Å². The maximum absolute atomic E-state index is 9.51. The van der Waals surface area contributed by atoms with Gasteiger partial charge >= 0.3 is 0 Å². The van der Waals surface area contributed by atoms with Crippen molar-refractivity contribution in [3.8, 4) is 11.1 Å². The molecule has 22 heavy (non-hydrogen) atoms. The molecule has 2 aromatic carbocycles. The Bertz CT molecular complexity index is 666. The zero-order valence-electron chi connectivity index (χ0n) is 12.0. The number of halogens is 2.